The number of ether oxygens (including phenoxy) is 1. The fourth-order valence-corrected chi connectivity index (χ4v) is 7.09. The molecule has 0 radical (unpaired) electrons. The largest absolute Gasteiger partial charge is 0.489 e. The van der Waals surface area contributed by atoms with Crippen molar-refractivity contribution in [2.75, 3.05) is 26.4 Å². The number of carbonyl (C=O) groups is 1. The molecule has 3 saturated heterocycles. The molecule has 208 valence electrons. The molecular formula is C27H41ClN8O2. The van der Waals surface area contributed by atoms with E-state index in [0.717, 1.165) is 64.2 Å². The van der Waals surface area contributed by atoms with E-state index in [1.165, 1.54) is 11.6 Å². The number of piperidine rings is 1. The molecule has 38 heavy (non-hydrogen) atoms. The molecule has 8 atom stereocenters. The Labute approximate surface area is 230 Å². The van der Waals surface area contributed by atoms with Crippen molar-refractivity contribution >= 4 is 17.5 Å². The highest BCUT2D eigenvalue weighted by Crippen LogP contribution is 2.31. The molecule has 6 N–H and O–H groups in total. The second-order valence-corrected chi connectivity index (χ2v) is 11.7. The standard InChI is InChI=1S/C27H41ClN8O2/c1-2-25(37)35-10-7-17(8-11-35)21-4-5-22-26(34-21)27(31-15-29-22)33-18-3-6-23(20(28)13-18)38-19-9-12-36-24(14-19)30-16-32-36/h2,7,9,12,14,18,20-24,26-27,29-34H,1,3-6,8,10-11,13,15-16H2. The van der Waals surface area contributed by atoms with Crippen molar-refractivity contribution in [1.82, 2.24) is 41.9 Å². The molecule has 1 aliphatic carbocycles. The maximum atomic E-state index is 12.0. The first kappa shape index (κ1) is 26.3. The fourth-order valence-electron chi connectivity index (χ4n) is 6.69. The predicted molar refractivity (Wildman–Crippen MR) is 147 cm³/mol. The number of nitrogens with one attached hydrogen (secondary N) is 6. The third kappa shape index (κ3) is 5.67. The Morgan fingerprint density at radius 3 is 2.92 bits per heavy atom. The van der Waals surface area contributed by atoms with Gasteiger partial charge in [0.2, 0.25) is 5.91 Å². The summed E-state index contributed by atoms with van der Waals surface area (Å²) in [6, 6.07) is 1.41. The van der Waals surface area contributed by atoms with Gasteiger partial charge in [0.05, 0.1) is 24.3 Å². The van der Waals surface area contributed by atoms with Crippen LogP contribution in [0.25, 0.3) is 0 Å². The normalized spacial score (nSPS) is 39.1. The van der Waals surface area contributed by atoms with E-state index in [2.05, 4.69) is 50.7 Å². The van der Waals surface area contributed by atoms with Gasteiger partial charge < -0.3 is 15.0 Å². The number of nitrogens with zero attached hydrogens (tertiary/aromatic N) is 2. The molecule has 11 heteroatoms. The first-order valence-electron chi connectivity index (χ1n) is 14.1. The van der Waals surface area contributed by atoms with Crippen LogP contribution in [0.5, 0.6) is 0 Å². The maximum absolute atomic E-state index is 12.0. The van der Waals surface area contributed by atoms with Gasteiger partial charge in [-0.2, -0.15) is 0 Å². The molecule has 10 nitrogen and oxygen atoms in total. The van der Waals surface area contributed by atoms with Gasteiger partial charge in [-0.25, -0.2) is 5.43 Å². The molecule has 8 unspecified atom stereocenters. The van der Waals surface area contributed by atoms with Gasteiger partial charge in [0.25, 0.3) is 0 Å². The van der Waals surface area contributed by atoms with Crippen LogP contribution in [0.3, 0.4) is 0 Å². The van der Waals surface area contributed by atoms with Crippen molar-refractivity contribution in [2.45, 2.75) is 86.5 Å². The Bertz CT molecular complexity index is 988. The summed E-state index contributed by atoms with van der Waals surface area (Å²) in [6.07, 6.45) is 16.1. The average Bonchev–Trinajstić information content (AvgIpc) is 3.42. The van der Waals surface area contributed by atoms with E-state index >= 15 is 0 Å². The van der Waals surface area contributed by atoms with Gasteiger partial charge in [0.1, 0.15) is 18.0 Å². The number of fused-ring (bicyclic) bond motifs is 2. The molecule has 6 aliphatic rings. The number of rotatable bonds is 6. The fraction of sp³-hybridized carbons (Fsp3) is 0.667. The molecule has 6 rings (SSSR count). The summed E-state index contributed by atoms with van der Waals surface area (Å²) in [4.78, 5) is 13.8. The van der Waals surface area contributed by atoms with Gasteiger partial charge in [-0.1, -0.05) is 18.2 Å². The second kappa shape index (κ2) is 11.7. The van der Waals surface area contributed by atoms with E-state index in [9.17, 15) is 4.79 Å². The quantitative estimate of drug-likeness (QED) is 0.162. The molecule has 0 aromatic carbocycles. The zero-order chi connectivity index (χ0) is 26.1. The van der Waals surface area contributed by atoms with Crippen LogP contribution in [0.15, 0.2) is 48.4 Å². The number of halogens is 1. The van der Waals surface area contributed by atoms with Gasteiger partial charge in [-0.15, -0.1) is 11.6 Å². The van der Waals surface area contributed by atoms with Gasteiger partial charge in [-0.3, -0.25) is 31.1 Å². The van der Waals surface area contributed by atoms with Crippen LogP contribution in [0.2, 0.25) is 0 Å². The number of alkyl halides is 1. The Balaban J connectivity index is 1.02. The van der Waals surface area contributed by atoms with Crippen molar-refractivity contribution in [3.05, 3.63) is 48.4 Å². The number of amides is 1. The van der Waals surface area contributed by atoms with E-state index in [1.54, 1.807) is 0 Å². The summed E-state index contributed by atoms with van der Waals surface area (Å²) in [5.74, 6) is 0.903. The Morgan fingerprint density at radius 2 is 2.11 bits per heavy atom. The Hall–Kier alpha value is -1.92. The van der Waals surface area contributed by atoms with Crippen molar-refractivity contribution in [3.63, 3.8) is 0 Å². The lowest BCUT2D eigenvalue weighted by Crippen LogP contribution is -2.73. The van der Waals surface area contributed by atoms with Crippen molar-refractivity contribution in [1.29, 1.82) is 0 Å². The third-order valence-electron chi connectivity index (χ3n) is 8.83. The zero-order valence-electron chi connectivity index (χ0n) is 21.9. The molecule has 0 aromatic heterocycles. The van der Waals surface area contributed by atoms with Gasteiger partial charge in [0.15, 0.2) is 0 Å². The van der Waals surface area contributed by atoms with Gasteiger partial charge in [-0.05, 0) is 56.8 Å². The van der Waals surface area contributed by atoms with Crippen LogP contribution in [0.1, 0.15) is 38.5 Å². The van der Waals surface area contributed by atoms with Gasteiger partial charge in [0, 0.05) is 44.1 Å². The molecule has 1 saturated carbocycles. The van der Waals surface area contributed by atoms with Crippen LogP contribution in [-0.4, -0.2) is 90.2 Å². The molecule has 5 aliphatic heterocycles. The van der Waals surface area contributed by atoms with Crippen LogP contribution < -0.4 is 32.0 Å². The number of hydrogen-bond acceptors (Lipinski definition) is 9. The van der Waals surface area contributed by atoms with Crippen LogP contribution in [-0.2, 0) is 9.53 Å². The first-order chi connectivity index (χ1) is 18.6. The average molecular weight is 545 g/mol. The minimum atomic E-state index is -0.0403. The smallest absolute Gasteiger partial charge is 0.246 e. The molecule has 4 fully saturated rings. The lowest BCUT2D eigenvalue weighted by molar-refractivity contribution is -0.125. The lowest BCUT2D eigenvalue weighted by Gasteiger charge is -2.48. The second-order valence-electron chi connectivity index (χ2n) is 11.1. The topological polar surface area (TPSA) is 105 Å². The van der Waals surface area contributed by atoms with Gasteiger partial charge >= 0.3 is 0 Å². The zero-order valence-corrected chi connectivity index (χ0v) is 22.6. The highest BCUT2D eigenvalue weighted by atomic mass is 35.5. The minimum Gasteiger partial charge on any atom is -0.489 e. The van der Waals surface area contributed by atoms with E-state index in [0.29, 0.717) is 24.7 Å². The predicted octanol–water partition coefficient (Wildman–Crippen LogP) is 0.536. The monoisotopic (exact) mass is 544 g/mol. The first-order valence-corrected chi connectivity index (χ1v) is 14.6. The lowest BCUT2D eigenvalue weighted by atomic mass is 9.85. The molecular weight excluding hydrogens is 504 g/mol. The SMILES string of the molecule is C=CC(=O)N1CC=C(C2CCC3NCNC(NC4CCC(OC5=CC6NCNN6C=C5)C(Cl)C4)C3N2)CC1. The number of hydrazine groups is 1. The summed E-state index contributed by atoms with van der Waals surface area (Å²) in [5.41, 5.74) is 4.68. The Kier molecular flexibility index (Phi) is 8.08. The summed E-state index contributed by atoms with van der Waals surface area (Å²) in [5, 5.41) is 20.5. The Morgan fingerprint density at radius 1 is 1.18 bits per heavy atom. The molecule has 5 heterocycles. The highest BCUT2D eigenvalue weighted by molar-refractivity contribution is 6.21. The molecule has 1 amide bonds. The van der Waals surface area contributed by atoms with E-state index in [4.69, 9.17) is 16.3 Å². The third-order valence-corrected chi connectivity index (χ3v) is 9.29. The number of carbonyl (C=O) groups excluding carboxylic acids is 1. The van der Waals surface area contributed by atoms with Crippen LogP contribution in [0.4, 0.5) is 0 Å². The summed E-state index contributed by atoms with van der Waals surface area (Å²) >= 11 is 6.89. The number of hydrogen-bond donors (Lipinski definition) is 6. The van der Waals surface area contributed by atoms with E-state index in [-0.39, 0.29) is 35.8 Å². The number of allylic oxidation sites excluding steroid dienone is 1. The minimum absolute atomic E-state index is 0.0151. The van der Waals surface area contributed by atoms with Crippen molar-refractivity contribution in [3.8, 4) is 0 Å². The molecule has 0 spiro atoms. The van der Waals surface area contributed by atoms with Crippen molar-refractivity contribution in [2.24, 2.45) is 0 Å². The highest BCUT2D eigenvalue weighted by Gasteiger charge is 2.41. The molecule has 0 aromatic rings. The van der Waals surface area contributed by atoms with E-state index < -0.39 is 0 Å². The van der Waals surface area contributed by atoms with Crippen LogP contribution >= 0.6 is 11.6 Å². The summed E-state index contributed by atoms with van der Waals surface area (Å²) in [7, 11) is 0. The van der Waals surface area contributed by atoms with Crippen LogP contribution in [0, 0.1) is 0 Å². The maximum Gasteiger partial charge on any atom is 0.246 e. The van der Waals surface area contributed by atoms with Crippen molar-refractivity contribution < 1.29 is 9.53 Å². The molecule has 0 bridgehead atoms. The summed E-state index contributed by atoms with van der Waals surface area (Å²) in [6.45, 7) is 6.61. The van der Waals surface area contributed by atoms with E-state index in [1.807, 2.05) is 22.2 Å². The summed E-state index contributed by atoms with van der Waals surface area (Å²) < 4.78 is 6.33.